The first kappa shape index (κ1) is 16.6. The maximum absolute atomic E-state index is 12.2. The number of aryl methyl sites for hydroxylation is 1. The molecule has 0 saturated carbocycles. The van der Waals surface area contributed by atoms with Crippen molar-refractivity contribution in [3.05, 3.63) is 24.0 Å². The standard InChI is InChI=1S/C17H28N4O/c1-3-4-5-8-19-17(22)21-11-6-10-20(12-13-21)16-7-9-18-15(2)14-16/h7,9,14H,3-6,8,10-13H2,1-2H3,(H,19,22). The van der Waals surface area contributed by atoms with Gasteiger partial charge in [-0.3, -0.25) is 4.98 Å². The van der Waals surface area contributed by atoms with Gasteiger partial charge in [-0.15, -0.1) is 0 Å². The summed E-state index contributed by atoms with van der Waals surface area (Å²) in [7, 11) is 0. The van der Waals surface area contributed by atoms with Crippen LogP contribution in [0, 0.1) is 6.92 Å². The molecule has 1 fully saturated rings. The number of hydrogen-bond donors (Lipinski definition) is 1. The van der Waals surface area contributed by atoms with E-state index in [1.54, 1.807) is 0 Å². The van der Waals surface area contributed by atoms with Crippen molar-refractivity contribution in [3.8, 4) is 0 Å². The van der Waals surface area contributed by atoms with E-state index in [1.165, 1.54) is 18.5 Å². The van der Waals surface area contributed by atoms with E-state index >= 15 is 0 Å². The van der Waals surface area contributed by atoms with E-state index in [0.717, 1.165) is 51.3 Å². The number of anilines is 1. The molecule has 2 rings (SSSR count). The van der Waals surface area contributed by atoms with Gasteiger partial charge in [-0.2, -0.15) is 0 Å². The molecule has 1 aliphatic rings. The Balaban J connectivity index is 1.83. The summed E-state index contributed by atoms with van der Waals surface area (Å²) in [4.78, 5) is 20.7. The molecule has 1 N–H and O–H groups in total. The van der Waals surface area contributed by atoms with Crippen molar-refractivity contribution in [1.82, 2.24) is 15.2 Å². The van der Waals surface area contributed by atoms with E-state index in [-0.39, 0.29) is 6.03 Å². The number of urea groups is 1. The van der Waals surface area contributed by atoms with Gasteiger partial charge < -0.3 is 15.1 Å². The molecule has 1 aromatic rings. The van der Waals surface area contributed by atoms with E-state index < -0.39 is 0 Å². The lowest BCUT2D eigenvalue weighted by molar-refractivity contribution is 0.201. The van der Waals surface area contributed by atoms with Gasteiger partial charge in [0.2, 0.25) is 0 Å². The van der Waals surface area contributed by atoms with Gasteiger partial charge in [0, 0.05) is 50.3 Å². The molecular weight excluding hydrogens is 276 g/mol. The maximum Gasteiger partial charge on any atom is 0.317 e. The topological polar surface area (TPSA) is 48.5 Å². The SMILES string of the molecule is CCCCCNC(=O)N1CCCN(c2ccnc(C)c2)CC1. The second-order valence-electron chi connectivity index (χ2n) is 5.92. The van der Waals surface area contributed by atoms with Crippen molar-refractivity contribution in [2.24, 2.45) is 0 Å². The first-order valence-electron chi connectivity index (χ1n) is 8.41. The molecule has 2 amide bonds. The summed E-state index contributed by atoms with van der Waals surface area (Å²) >= 11 is 0. The normalized spacial score (nSPS) is 15.5. The molecule has 1 aliphatic heterocycles. The summed E-state index contributed by atoms with van der Waals surface area (Å²) in [5, 5.41) is 3.04. The fourth-order valence-corrected chi connectivity index (χ4v) is 2.79. The number of carbonyl (C=O) groups is 1. The Hall–Kier alpha value is -1.78. The molecule has 0 radical (unpaired) electrons. The number of hydrogen-bond acceptors (Lipinski definition) is 3. The Kier molecular flexibility index (Phi) is 6.49. The lowest BCUT2D eigenvalue weighted by Crippen LogP contribution is -2.42. The predicted octanol–water partition coefficient (Wildman–Crippen LogP) is 2.80. The number of nitrogens with zero attached hydrogens (tertiary/aromatic N) is 3. The molecule has 0 aromatic carbocycles. The minimum absolute atomic E-state index is 0.0869. The second-order valence-corrected chi connectivity index (χ2v) is 5.92. The minimum Gasteiger partial charge on any atom is -0.370 e. The summed E-state index contributed by atoms with van der Waals surface area (Å²) in [5.74, 6) is 0. The van der Waals surface area contributed by atoms with E-state index in [4.69, 9.17) is 0 Å². The zero-order valence-electron chi connectivity index (χ0n) is 13.8. The van der Waals surface area contributed by atoms with Crippen LogP contribution in [0.1, 0.15) is 38.3 Å². The van der Waals surface area contributed by atoms with Gasteiger partial charge in [0.1, 0.15) is 0 Å². The van der Waals surface area contributed by atoms with Gasteiger partial charge in [0.15, 0.2) is 0 Å². The van der Waals surface area contributed by atoms with Crippen molar-refractivity contribution < 1.29 is 4.79 Å². The molecule has 0 unspecified atom stereocenters. The predicted molar refractivity (Wildman–Crippen MR) is 90.3 cm³/mol. The Morgan fingerprint density at radius 2 is 2.14 bits per heavy atom. The molecule has 2 heterocycles. The van der Waals surface area contributed by atoms with Crippen LogP contribution in [0.25, 0.3) is 0 Å². The average molecular weight is 304 g/mol. The third-order valence-corrected chi connectivity index (χ3v) is 4.09. The van der Waals surface area contributed by atoms with Crippen molar-refractivity contribution in [3.63, 3.8) is 0 Å². The highest BCUT2D eigenvalue weighted by molar-refractivity contribution is 5.74. The Morgan fingerprint density at radius 3 is 2.91 bits per heavy atom. The quantitative estimate of drug-likeness (QED) is 0.851. The van der Waals surface area contributed by atoms with Crippen LogP contribution >= 0.6 is 0 Å². The van der Waals surface area contributed by atoms with Crippen LogP contribution in [0.3, 0.4) is 0 Å². The Bertz CT molecular complexity index is 477. The largest absolute Gasteiger partial charge is 0.370 e. The van der Waals surface area contributed by atoms with Crippen LogP contribution in [0.5, 0.6) is 0 Å². The average Bonchev–Trinajstić information content (AvgIpc) is 2.77. The van der Waals surface area contributed by atoms with Crippen LogP contribution in [-0.2, 0) is 0 Å². The van der Waals surface area contributed by atoms with Gasteiger partial charge in [-0.1, -0.05) is 19.8 Å². The zero-order valence-corrected chi connectivity index (χ0v) is 13.8. The van der Waals surface area contributed by atoms with Crippen molar-refractivity contribution >= 4 is 11.7 Å². The van der Waals surface area contributed by atoms with Gasteiger partial charge >= 0.3 is 6.03 Å². The highest BCUT2D eigenvalue weighted by atomic mass is 16.2. The lowest BCUT2D eigenvalue weighted by atomic mass is 10.2. The van der Waals surface area contributed by atoms with Gasteiger partial charge in [0.25, 0.3) is 0 Å². The van der Waals surface area contributed by atoms with Crippen LogP contribution in [0.4, 0.5) is 10.5 Å². The first-order chi connectivity index (χ1) is 10.7. The van der Waals surface area contributed by atoms with Crippen molar-refractivity contribution in [2.45, 2.75) is 39.5 Å². The molecule has 0 bridgehead atoms. The maximum atomic E-state index is 12.2. The van der Waals surface area contributed by atoms with Crippen LogP contribution in [0.2, 0.25) is 0 Å². The van der Waals surface area contributed by atoms with Crippen molar-refractivity contribution in [1.29, 1.82) is 0 Å². The molecule has 0 atom stereocenters. The van der Waals surface area contributed by atoms with Gasteiger partial charge in [0.05, 0.1) is 0 Å². The molecule has 1 saturated heterocycles. The van der Waals surface area contributed by atoms with Gasteiger partial charge in [-0.05, 0) is 31.9 Å². The summed E-state index contributed by atoms with van der Waals surface area (Å²) < 4.78 is 0. The smallest absolute Gasteiger partial charge is 0.317 e. The molecule has 0 spiro atoms. The number of nitrogens with one attached hydrogen (secondary N) is 1. The van der Waals surface area contributed by atoms with E-state index in [9.17, 15) is 4.79 Å². The molecule has 5 nitrogen and oxygen atoms in total. The number of amides is 2. The third kappa shape index (κ3) is 4.90. The van der Waals surface area contributed by atoms with E-state index in [2.05, 4.69) is 28.2 Å². The monoisotopic (exact) mass is 304 g/mol. The minimum atomic E-state index is 0.0869. The summed E-state index contributed by atoms with van der Waals surface area (Å²) in [6.07, 6.45) is 6.28. The molecule has 5 heteroatoms. The number of unbranched alkanes of at least 4 members (excludes halogenated alkanes) is 2. The number of pyridine rings is 1. The van der Waals surface area contributed by atoms with Crippen LogP contribution in [-0.4, -0.2) is 48.6 Å². The summed E-state index contributed by atoms with van der Waals surface area (Å²) in [6, 6.07) is 4.25. The Labute approximate surface area is 133 Å². The third-order valence-electron chi connectivity index (χ3n) is 4.09. The molecule has 0 aliphatic carbocycles. The van der Waals surface area contributed by atoms with Crippen molar-refractivity contribution in [2.75, 3.05) is 37.6 Å². The molecule has 122 valence electrons. The molecular formula is C17H28N4O. The van der Waals surface area contributed by atoms with Crippen LogP contribution in [0.15, 0.2) is 18.3 Å². The molecule has 22 heavy (non-hydrogen) atoms. The number of carbonyl (C=O) groups excluding carboxylic acids is 1. The summed E-state index contributed by atoms with van der Waals surface area (Å²) in [5.41, 5.74) is 2.24. The fourth-order valence-electron chi connectivity index (χ4n) is 2.79. The number of aromatic nitrogens is 1. The first-order valence-corrected chi connectivity index (χ1v) is 8.41. The highest BCUT2D eigenvalue weighted by Crippen LogP contribution is 2.16. The van der Waals surface area contributed by atoms with Gasteiger partial charge in [-0.25, -0.2) is 4.79 Å². The number of rotatable bonds is 5. The zero-order chi connectivity index (χ0) is 15.8. The van der Waals surface area contributed by atoms with E-state index in [1.807, 2.05) is 24.1 Å². The Morgan fingerprint density at radius 1 is 1.27 bits per heavy atom. The fraction of sp³-hybridized carbons (Fsp3) is 0.647. The van der Waals surface area contributed by atoms with Crippen LogP contribution < -0.4 is 10.2 Å². The summed E-state index contributed by atoms with van der Waals surface area (Å²) in [6.45, 7) is 8.45. The van der Waals surface area contributed by atoms with E-state index in [0.29, 0.717) is 0 Å². The highest BCUT2D eigenvalue weighted by Gasteiger charge is 2.19. The molecule has 1 aromatic heterocycles. The second kappa shape index (κ2) is 8.61. The lowest BCUT2D eigenvalue weighted by Gasteiger charge is -2.24.